The smallest absolute Gasteiger partial charge is 0.255 e. The average molecular weight is 310 g/mol. The third kappa shape index (κ3) is 3.97. The topological polar surface area (TPSA) is 41.6 Å². The summed E-state index contributed by atoms with van der Waals surface area (Å²) in [7, 11) is 2.10. The summed E-state index contributed by atoms with van der Waals surface area (Å²) < 4.78 is 5.84. The van der Waals surface area contributed by atoms with Crippen molar-refractivity contribution in [3.05, 3.63) is 65.2 Å². The maximum absolute atomic E-state index is 12.3. The van der Waals surface area contributed by atoms with Gasteiger partial charge in [-0.25, -0.2) is 0 Å². The number of nitrogens with one attached hydrogen (secondary N) is 1. The maximum Gasteiger partial charge on any atom is 0.255 e. The van der Waals surface area contributed by atoms with Crippen LogP contribution in [-0.4, -0.2) is 37.6 Å². The van der Waals surface area contributed by atoms with Crippen LogP contribution in [0.4, 0.5) is 5.69 Å². The molecule has 1 unspecified atom stereocenters. The Balaban J connectivity index is 1.72. The van der Waals surface area contributed by atoms with E-state index < -0.39 is 0 Å². The van der Waals surface area contributed by atoms with Crippen LogP contribution < -0.4 is 5.32 Å². The molecule has 2 aromatic rings. The molecule has 4 nitrogen and oxygen atoms in total. The highest BCUT2D eigenvalue weighted by molar-refractivity contribution is 6.04. The van der Waals surface area contributed by atoms with Gasteiger partial charge in [0, 0.05) is 24.3 Å². The summed E-state index contributed by atoms with van der Waals surface area (Å²) in [5.74, 6) is -0.0937. The van der Waals surface area contributed by atoms with Crippen LogP contribution >= 0.6 is 0 Å². The van der Waals surface area contributed by atoms with E-state index in [0.717, 1.165) is 36.5 Å². The number of carbonyl (C=O) groups is 1. The SMILES string of the molecule is Cc1ccc(C(=O)Nc2cccc(C3CN(C)CCO3)c2)cc1. The Kier molecular flexibility index (Phi) is 4.74. The van der Waals surface area contributed by atoms with Crippen LogP contribution in [0.5, 0.6) is 0 Å². The first-order chi connectivity index (χ1) is 11.1. The van der Waals surface area contributed by atoms with Crippen molar-refractivity contribution >= 4 is 11.6 Å². The predicted molar refractivity (Wildman–Crippen MR) is 91.8 cm³/mol. The lowest BCUT2D eigenvalue weighted by Crippen LogP contribution is -2.35. The molecule has 1 saturated heterocycles. The number of rotatable bonds is 3. The number of anilines is 1. The molecular formula is C19H22N2O2. The van der Waals surface area contributed by atoms with Crippen molar-refractivity contribution in [2.45, 2.75) is 13.0 Å². The second kappa shape index (κ2) is 6.94. The highest BCUT2D eigenvalue weighted by Gasteiger charge is 2.19. The molecule has 23 heavy (non-hydrogen) atoms. The number of hydrogen-bond donors (Lipinski definition) is 1. The Hall–Kier alpha value is -2.17. The molecule has 0 saturated carbocycles. The molecule has 2 aromatic carbocycles. The third-order valence-corrected chi connectivity index (χ3v) is 4.10. The fourth-order valence-corrected chi connectivity index (χ4v) is 2.70. The molecule has 1 aliphatic heterocycles. The van der Waals surface area contributed by atoms with E-state index in [2.05, 4.69) is 17.3 Å². The molecule has 4 heteroatoms. The zero-order valence-corrected chi connectivity index (χ0v) is 13.6. The summed E-state index contributed by atoms with van der Waals surface area (Å²) in [6.07, 6.45) is 0.0602. The number of hydrogen-bond acceptors (Lipinski definition) is 3. The zero-order valence-electron chi connectivity index (χ0n) is 13.6. The van der Waals surface area contributed by atoms with E-state index in [-0.39, 0.29) is 12.0 Å². The van der Waals surface area contributed by atoms with E-state index in [1.807, 2.05) is 55.5 Å². The molecule has 1 heterocycles. The Morgan fingerprint density at radius 2 is 2.00 bits per heavy atom. The predicted octanol–water partition coefficient (Wildman–Crippen LogP) is 3.25. The monoisotopic (exact) mass is 310 g/mol. The highest BCUT2D eigenvalue weighted by Crippen LogP contribution is 2.24. The minimum absolute atomic E-state index is 0.0602. The maximum atomic E-state index is 12.3. The van der Waals surface area contributed by atoms with Crippen LogP contribution in [0.2, 0.25) is 0 Å². The third-order valence-electron chi connectivity index (χ3n) is 4.10. The molecule has 120 valence electrons. The molecule has 0 spiro atoms. The fourth-order valence-electron chi connectivity index (χ4n) is 2.70. The van der Waals surface area contributed by atoms with E-state index in [0.29, 0.717) is 5.56 Å². The van der Waals surface area contributed by atoms with E-state index in [1.54, 1.807) is 0 Å². The zero-order chi connectivity index (χ0) is 16.2. The Morgan fingerprint density at radius 1 is 1.22 bits per heavy atom. The molecule has 1 fully saturated rings. The van der Waals surface area contributed by atoms with Gasteiger partial charge >= 0.3 is 0 Å². The van der Waals surface area contributed by atoms with Crippen LogP contribution in [0.15, 0.2) is 48.5 Å². The number of likely N-dealkylation sites (N-methyl/N-ethyl adjacent to an activating group) is 1. The minimum Gasteiger partial charge on any atom is -0.371 e. The van der Waals surface area contributed by atoms with Gasteiger partial charge in [0.15, 0.2) is 0 Å². The van der Waals surface area contributed by atoms with Gasteiger partial charge in [0.2, 0.25) is 0 Å². The molecular weight excluding hydrogens is 288 g/mol. The first-order valence-corrected chi connectivity index (χ1v) is 7.90. The molecule has 0 radical (unpaired) electrons. The van der Waals surface area contributed by atoms with Gasteiger partial charge in [-0.2, -0.15) is 0 Å². The molecule has 0 aromatic heterocycles. The summed E-state index contributed by atoms with van der Waals surface area (Å²) >= 11 is 0. The lowest BCUT2D eigenvalue weighted by Gasteiger charge is -2.30. The van der Waals surface area contributed by atoms with Gasteiger partial charge in [-0.05, 0) is 43.8 Å². The first-order valence-electron chi connectivity index (χ1n) is 7.90. The summed E-state index contributed by atoms with van der Waals surface area (Å²) in [6, 6.07) is 15.5. The second-order valence-electron chi connectivity index (χ2n) is 6.07. The van der Waals surface area contributed by atoms with Gasteiger partial charge in [0.05, 0.1) is 12.7 Å². The normalized spacial score (nSPS) is 18.6. The van der Waals surface area contributed by atoms with Crippen molar-refractivity contribution in [1.82, 2.24) is 4.90 Å². The first kappa shape index (κ1) is 15.7. The number of nitrogens with zero attached hydrogens (tertiary/aromatic N) is 1. The Morgan fingerprint density at radius 3 is 2.74 bits per heavy atom. The van der Waals surface area contributed by atoms with Crippen LogP contribution in [0.25, 0.3) is 0 Å². The summed E-state index contributed by atoms with van der Waals surface area (Å²) in [4.78, 5) is 14.6. The average Bonchev–Trinajstić information content (AvgIpc) is 2.56. The molecule has 1 amide bonds. The number of amides is 1. The fraction of sp³-hybridized carbons (Fsp3) is 0.316. The number of carbonyl (C=O) groups excluding carboxylic acids is 1. The van der Waals surface area contributed by atoms with Crippen molar-refractivity contribution in [3.8, 4) is 0 Å². The second-order valence-corrected chi connectivity index (χ2v) is 6.07. The molecule has 1 atom stereocenters. The summed E-state index contributed by atoms with van der Waals surface area (Å²) in [6.45, 7) is 4.57. The summed E-state index contributed by atoms with van der Waals surface area (Å²) in [5, 5.41) is 2.96. The highest BCUT2D eigenvalue weighted by atomic mass is 16.5. The molecule has 0 bridgehead atoms. The Labute approximate surface area is 137 Å². The van der Waals surface area contributed by atoms with Crippen LogP contribution in [0.3, 0.4) is 0 Å². The molecule has 3 rings (SSSR count). The summed E-state index contributed by atoms with van der Waals surface area (Å²) in [5.41, 5.74) is 3.69. The quantitative estimate of drug-likeness (QED) is 0.946. The van der Waals surface area contributed by atoms with E-state index in [4.69, 9.17) is 4.74 Å². The number of benzene rings is 2. The number of morpholine rings is 1. The molecule has 1 N–H and O–H groups in total. The van der Waals surface area contributed by atoms with E-state index >= 15 is 0 Å². The lowest BCUT2D eigenvalue weighted by molar-refractivity contribution is -0.0208. The van der Waals surface area contributed by atoms with Gasteiger partial charge in [-0.3, -0.25) is 4.79 Å². The van der Waals surface area contributed by atoms with Crippen molar-refractivity contribution in [2.24, 2.45) is 0 Å². The van der Waals surface area contributed by atoms with E-state index in [9.17, 15) is 4.79 Å². The van der Waals surface area contributed by atoms with Crippen molar-refractivity contribution in [1.29, 1.82) is 0 Å². The van der Waals surface area contributed by atoms with Crippen molar-refractivity contribution in [2.75, 3.05) is 32.1 Å². The molecule has 1 aliphatic rings. The number of ether oxygens (including phenoxy) is 1. The van der Waals surface area contributed by atoms with Crippen molar-refractivity contribution < 1.29 is 9.53 Å². The Bertz CT molecular complexity index is 682. The minimum atomic E-state index is -0.0937. The van der Waals surface area contributed by atoms with Gasteiger partial charge in [-0.1, -0.05) is 29.8 Å². The van der Waals surface area contributed by atoms with Gasteiger partial charge in [0.1, 0.15) is 0 Å². The van der Waals surface area contributed by atoms with Gasteiger partial charge in [0.25, 0.3) is 5.91 Å². The van der Waals surface area contributed by atoms with Gasteiger partial charge in [-0.15, -0.1) is 0 Å². The van der Waals surface area contributed by atoms with Crippen LogP contribution in [0.1, 0.15) is 27.6 Å². The van der Waals surface area contributed by atoms with E-state index in [1.165, 1.54) is 0 Å². The lowest BCUT2D eigenvalue weighted by atomic mass is 10.1. The molecule has 0 aliphatic carbocycles. The number of aryl methyl sites for hydroxylation is 1. The van der Waals surface area contributed by atoms with Crippen molar-refractivity contribution in [3.63, 3.8) is 0 Å². The standard InChI is InChI=1S/C19H22N2O2/c1-14-6-8-15(9-7-14)19(22)20-17-5-3-4-16(12-17)18-13-21(2)10-11-23-18/h3-9,12,18H,10-11,13H2,1-2H3,(H,20,22). The van der Waals surface area contributed by atoms with Crippen LogP contribution in [0, 0.1) is 6.92 Å². The largest absolute Gasteiger partial charge is 0.371 e. The van der Waals surface area contributed by atoms with Crippen LogP contribution in [-0.2, 0) is 4.74 Å². The van der Waals surface area contributed by atoms with Gasteiger partial charge < -0.3 is 15.0 Å².